The predicted molar refractivity (Wildman–Crippen MR) is 113 cm³/mol. The van der Waals surface area contributed by atoms with Crippen LogP contribution in [0, 0.1) is 0 Å². The highest BCUT2D eigenvalue weighted by atomic mass is 32.1. The van der Waals surface area contributed by atoms with Gasteiger partial charge in [-0.3, -0.25) is 4.79 Å². The number of alkyl halides is 3. The second kappa shape index (κ2) is 8.54. The maximum atomic E-state index is 12.7. The molecule has 4 rings (SSSR count). The van der Waals surface area contributed by atoms with Gasteiger partial charge in [0.2, 0.25) is 5.82 Å². The molecule has 8 nitrogen and oxygen atoms in total. The van der Waals surface area contributed by atoms with Gasteiger partial charge < -0.3 is 15.0 Å². The lowest BCUT2D eigenvalue weighted by Gasteiger charge is -2.22. The van der Waals surface area contributed by atoms with Gasteiger partial charge in [0.15, 0.2) is 11.6 Å². The molecule has 0 saturated carbocycles. The highest BCUT2D eigenvalue weighted by Crippen LogP contribution is 2.29. The number of amides is 1. The zero-order valence-corrected chi connectivity index (χ0v) is 17.5. The first-order chi connectivity index (χ1) is 15.2. The SMILES string of the molecule is CN1C(=S)C(NC(=O)c2ncn(Cc3ccc(C(F)(F)F)cc3)n2)COc2cccnc21. The summed E-state index contributed by atoms with van der Waals surface area (Å²) >= 11 is 5.47. The lowest BCUT2D eigenvalue weighted by atomic mass is 10.1. The Morgan fingerprint density at radius 2 is 2.00 bits per heavy atom. The molecule has 1 amide bonds. The van der Waals surface area contributed by atoms with Crippen LogP contribution in [0.2, 0.25) is 0 Å². The van der Waals surface area contributed by atoms with E-state index in [1.54, 1.807) is 30.3 Å². The average molecular weight is 462 g/mol. The number of carbonyl (C=O) groups excluding carboxylic acids is 1. The number of likely N-dealkylation sites (N-methyl/N-ethyl adjacent to an activating group) is 1. The number of hydrogen-bond acceptors (Lipinski definition) is 6. The summed E-state index contributed by atoms with van der Waals surface area (Å²) in [6.45, 7) is 0.271. The molecule has 0 radical (unpaired) electrons. The topological polar surface area (TPSA) is 85.2 Å². The molecule has 0 fully saturated rings. The summed E-state index contributed by atoms with van der Waals surface area (Å²) < 4.78 is 45.2. The first-order valence-electron chi connectivity index (χ1n) is 9.44. The molecule has 1 aromatic carbocycles. The van der Waals surface area contributed by atoms with Crippen LogP contribution < -0.4 is 15.0 Å². The van der Waals surface area contributed by atoms with E-state index in [-0.39, 0.29) is 19.0 Å². The fraction of sp³-hybridized carbons (Fsp3) is 0.250. The number of fused-ring (bicyclic) bond motifs is 1. The van der Waals surface area contributed by atoms with E-state index in [1.807, 2.05) is 0 Å². The second-order valence-electron chi connectivity index (χ2n) is 7.02. The average Bonchev–Trinajstić information content (AvgIpc) is 3.20. The van der Waals surface area contributed by atoms with E-state index in [1.165, 1.54) is 23.1 Å². The number of anilines is 1. The Balaban J connectivity index is 1.41. The normalized spacial score (nSPS) is 16.2. The molecule has 1 N–H and O–H groups in total. The maximum Gasteiger partial charge on any atom is 0.416 e. The van der Waals surface area contributed by atoms with Gasteiger partial charge in [0.25, 0.3) is 5.91 Å². The summed E-state index contributed by atoms with van der Waals surface area (Å²) in [5.41, 5.74) is -0.149. The molecule has 166 valence electrons. The van der Waals surface area contributed by atoms with Crippen LogP contribution in [-0.2, 0) is 12.7 Å². The number of thiocarbonyl (C=S) groups is 1. The number of halogens is 3. The minimum atomic E-state index is -4.40. The maximum absolute atomic E-state index is 12.7. The van der Waals surface area contributed by atoms with Crippen molar-refractivity contribution in [3.05, 3.63) is 65.9 Å². The molecule has 0 spiro atoms. The fourth-order valence-corrected chi connectivity index (χ4v) is 3.33. The molecule has 32 heavy (non-hydrogen) atoms. The Morgan fingerprint density at radius 3 is 2.72 bits per heavy atom. The van der Waals surface area contributed by atoms with Gasteiger partial charge in [-0.15, -0.1) is 5.10 Å². The molecule has 1 aliphatic heterocycles. The number of nitrogens with zero attached hydrogens (tertiary/aromatic N) is 5. The lowest BCUT2D eigenvalue weighted by Crippen LogP contribution is -2.48. The van der Waals surface area contributed by atoms with Crippen molar-refractivity contribution < 1.29 is 22.7 Å². The van der Waals surface area contributed by atoms with Gasteiger partial charge in [-0.1, -0.05) is 24.4 Å². The van der Waals surface area contributed by atoms with Gasteiger partial charge in [-0.25, -0.2) is 14.6 Å². The van der Waals surface area contributed by atoms with Gasteiger partial charge in [0, 0.05) is 13.2 Å². The number of nitrogens with one attached hydrogen (secondary N) is 1. The summed E-state index contributed by atoms with van der Waals surface area (Å²) in [6.07, 6.45) is -1.45. The first-order valence-corrected chi connectivity index (χ1v) is 9.85. The summed E-state index contributed by atoms with van der Waals surface area (Å²) in [6, 6.07) is 7.59. The van der Waals surface area contributed by atoms with Crippen LogP contribution in [-0.4, -0.2) is 50.3 Å². The van der Waals surface area contributed by atoms with Gasteiger partial charge in [-0.2, -0.15) is 13.2 Å². The van der Waals surface area contributed by atoms with Crippen molar-refractivity contribution in [1.82, 2.24) is 25.1 Å². The number of ether oxygens (including phenoxy) is 1. The number of benzene rings is 1. The molecule has 0 saturated heterocycles. The number of hydrogen-bond donors (Lipinski definition) is 1. The Labute approximate surface area is 186 Å². The van der Waals surface area contributed by atoms with Gasteiger partial charge in [0.1, 0.15) is 24.0 Å². The molecule has 0 bridgehead atoms. The third-order valence-electron chi connectivity index (χ3n) is 4.77. The van der Waals surface area contributed by atoms with Crippen molar-refractivity contribution in [3.8, 4) is 5.75 Å². The number of aromatic nitrogens is 4. The van der Waals surface area contributed by atoms with E-state index in [2.05, 4.69) is 20.4 Å². The van der Waals surface area contributed by atoms with Crippen molar-refractivity contribution >= 4 is 28.9 Å². The molecule has 12 heteroatoms. The molecular formula is C20H17F3N6O2S. The van der Waals surface area contributed by atoms with E-state index in [0.717, 1.165) is 12.1 Å². The standard InChI is InChI=1S/C20H17F3N6O2S/c1-28-17-15(3-2-8-24-17)31-10-14(19(28)32)26-18(30)16-25-11-29(27-16)9-12-4-6-13(7-5-12)20(21,22)23/h2-8,11,14H,9-10H2,1H3,(H,26,30). The van der Waals surface area contributed by atoms with Crippen LogP contribution in [0.3, 0.4) is 0 Å². The van der Waals surface area contributed by atoms with Gasteiger partial charge in [0.05, 0.1) is 12.1 Å². The van der Waals surface area contributed by atoms with E-state index < -0.39 is 23.7 Å². The Kier molecular flexibility index (Phi) is 5.78. The van der Waals surface area contributed by atoms with Gasteiger partial charge >= 0.3 is 6.18 Å². The van der Waals surface area contributed by atoms with Crippen LogP contribution in [0.4, 0.5) is 19.0 Å². The first kappa shape index (κ1) is 21.7. The third kappa shape index (κ3) is 4.54. The lowest BCUT2D eigenvalue weighted by molar-refractivity contribution is -0.137. The van der Waals surface area contributed by atoms with Crippen molar-refractivity contribution in [3.63, 3.8) is 0 Å². The van der Waals surface area contributed by atoms with E-state index in [4.69, 9.17) is 17.0 Å². The van der Waals surface area contributed by atoms with E-state index in [9.17, 15) is 18.0 Å². The van der Waals surface area contributed by atoms with Crippen molar-refractivity contribution in [2.45, 2.75) is 18.8 Å². The molecule has 2 aromatic heterocycles. The highest BCUT2D eigenvalue weighted by molar-refractivity contribution is 7.80. The van der Waals surface area contributed by atoms with E-state index >= 15 is 0 Å². The Morgan fingerprint density at radius 1 is 1.25 bits per heavy atom. The highest BCUT2D eigenvalue weighted by Gasteiger charge is 2.30. The molecular weight excluding hydrogens is 445 g/mol. The van der Waals surface area contributed by atoms with Crippen LogP contribution in [0.15, 0.2) is 48.9 Å². The van der Waals surface area contributed by atoms with E-state index in [0.29, 0.717) is 22.1 Å². The molecule has 1 aliphatic rings. The van der Waals surface area contributed by atoms with Crippen LogP contribution >= 0.6 is 12.2 Å². The van der Waals surface area contributed by atoms with Gasteiger partial charge in [-0.05, 0) is 29.8 Å². The largest absolute Gasteiger partial charge is 0.487 e. The van der Waals surface area contributed by atoms with Crippen molar-refractivity contribution in [2.24, 2.45) is 0 Å². The third-order valence-corrected chi connectivity index (χ3v) is 5.33. The number of pyridine rings is 1. The number of carbonyl (C=O) groups is 1. The summed E-state index contributed by atoms with van der Waals surface area (Å²) in [7, 11) is 1.74. The van der Waals surface area contributed by atoms with Crippen LogP contribution in [0.25, 0.3) is 0 Å². The minimum absolute atomic E-state index is 0.0951. The quantitative estimate of drug-likeness (QED) is 0.597. The predicted octanol–water partition coefficient (Wildman–Crippen LogP) is 2.69. The van der Waals surface area contributed by atoms with Crippen LogP contribution in [0.5, 0.6) is 5.75 Å². The summed E-state index contributed by atoms with van der Waals surface area (Å²) in [4.78, 5) is 23.0. The molecule has 3 heterocycles. The van der Waals surface area contributed by atoms with Crippen LogP contribution in [0.1, 0.15) is 21.7 Å². The smallest absolute Gasteiger partial charge is 0.416 e. The van der Waals surface area contributed by atoms with Crippen molar-refractivity contribution in [2.75, 3.05) is 18.6 Å². The fourth-order valence-electron chi connectivity index (χ4n) is 3.12. The molecule has 1 unspecified atom stereocenters. The molecule has 0 aliphatic carbocycles. The number of rotatable bonds is 4. The molecule has 1 atom stereocenters. The van der Waals surface area contributed by atoms with Crippen molar-refractivity contribution in [1.29, 1.82) is 0 Å². The molecule has 3 aromatic rings. The zero-order chi connectivity index (χ0) is 22.9. The Hall–Kier alpha value is -3.54. The minimum Gasteiger partial charge on any atom is -0.487 e. The summed E-state index contributed by atoms with van der Waals surface area (Å²) in [5.74, 6) is 0.447. The Bertz CT molecular complexity index is 1150. The second-order valence-corrected chi connectivity index (χ2v) is 7.44. The summed E-state index contributed by atoms with van der Waals surface area (Å²) in [5, 5.41) is 6.86. The zero-order valence-electron chi connectivity index (χ0n) is 16.7. The monoisotopic (exact) mass is 462 g/mol.